The molecule has 0 bridgehead atoms. The van der Waals surface area contributed by atoms with Crippen molar-refractivity contribution in [1.82, 2.24) is 9.80 Å². The summed E-state index contributed by atoms with van der Waals surface area (Å²) >= 11 is 0. The van der Waals surface area contributed by atoms with Gasteiger partial charge in [0.1, 0.15) is 0 Å². The molecule has 0 aromatic carbocycles. The third-order valence-electron chi connectivity index (χ3n) is 3.84. The zero-order valence-electron chi connectivity index (χ0n) is 12.8. The standard InChI is InChI=1S/C12H22N2O3.C2H6/c1-9(15)8-13(3)11(16)14-6-4-12(5-7-14)10(2)17-12;1-2/h9-10,15H,4-8H2,1-3H3;1-2H3. The highest BCUT2D eigenvalue weighted by Gasteiger charge is 2.54. The number of likely N-dealkylation sites (tertiary alicyclic amines) is 1. The second kappa shape index (κ2) is 6.57. The molecule has 112 valence electrons. The van der Waals surface area contributed by atoms with Crippen molar-refractivity contribution in [1.29, 1.82) is 0 Å². The van der Waals surface area contributed by atoms with Crippen molar-refractivity contribution in [3.8, 4) is 0 Å². The van der Waals surface area contributed by atoms with Gasteiger partial charge in [-0.3, -0.25) is 0 Å². The molecule has 5 heteroatoms. The maximum Gasteiger partial charge on any atom is 0.319 e. The Balaban J connectivity index is 0.000000861. The Kier molecular flexibility index (Phi) is 5.62. The molecule has 0 radical (unpaired) electrons. The Morgan fingerprint density at radius 1 is 1.47 bits per heavy atom. The third kappa shape index (κ3) is 3.83. The van der Waals surface area contributed by atoms with E-state index in [4.69, 9.17) is 4.74 Å². The number of ether oxygens (including phenoxy) is 1. The van der Waals surface area contributed by atoms with E-state index in [0.717, 1.165) is 25.9 Å². The lowest BCUT2D eigenvalue weighted by Gasteiger charge is -2.34. The normalized spacial score (nSPS) is 25.4. The minimum absolute atomic E-state index is 0.00838. The number of likely N-dealkylation sites (N-methyl/N-ethyl adjacent to an activating group) is 1. The number of aliphatic hydroxyl groups is 1. The van der Waals surface area contributed by atoms with Gasteiger partial charge < -0.3 is 19.6 Å². The summed E-state index contributed by atoms with van der Waals surface area (Å²) in [6.07, 6.45) is 1.74. The fourth-order valence-electron chi connectivity index (χ4n) is 2.63. The van der Waals surface area contributed by atoms with Crippen LogP contribution >= 0.6 is 0 Å². The number of piperidine rings is 1. The number of aliphatic hydroxyl groups excluding tert-OH is 1. The number of amides is 2. The van der Waals surface area contributed by atoms with Crippen molar-refractivity contribution in [3.63, 3.8) is 0 Å². The molecule has 2 atom stereocenters. The van der Waals surface area contributed by atoms with Crippen LogP contribution in [0.3, 0.4) is 0 Å². The van der Waals surface area contributed by atoms with Gasteiger partial charge in [-0.05, 0) is 26.7 Å². The smallest absolute Gasteiger partial charge is 0.319 e. The van der Waals surface area contributed by atoms with Crippen LogP contribution in [0.25, 0.3) is 0 Å². The van der Waals surface area contributed by atoms with Gasteiger partial charge in [-0.15, -0.1) is 0 Å². The average molecular weight is 272 g/mol. The number of nitrogens with zero attached hydrogens (tertiary/aromatic N) is 2. The molecule has 2 aliphatic rings. The summed E-state index contributed by atoms with van der Waals surface area (Å²) in [5, 5.41) is 9.27. The molecule has 0 aliphatic carbocycles. The van der Waals surface area contributed by atoms with Gasteiger partial charge in [-0.2, -0.15) is 0 Å². The van der Waals surface area contributed by atoms with E-state index in [1.165, 1.54) is 0 Å². The third-order valence-corrected chi connectivity index (χ3v) is 3.84. The van der Waals surface area contributed by atoms with Crippen LogP contribution in [0.5, 0.6) is 0 Å². The van der Waals surface area contributed by atoms with Crippen LogP contribution in [0.4, 0.5) is 4.79 Å². The molecule has 2 heterocycles. The van der Waals surface area contributed by atoms with Gasteiger partial charge in [0, 0.05) is 26.7 Å². The van der Waals surface area contributed by atoms with Gasteiger partial charge in [0.2, 0.25) is 0 Å². The first-order valence-electron chi connectivity index (χ1n) is 7.30. The number of rotatable bonds is 2. The quantitative estimate of drug-likeness (QED) is 0.778. The fourth-order valence-corrected chi connectivity index (χ4v) is 2.63. The summed E-state index contributed by atoms with van der Waals surface area (Å²) in [4.78, 5) is 15.5. The summed E-state index contributed by atoms with van der Waals surface area (Å²) in [6, 6.07) is 0.00838. The molecular weight excluding hydrogens is 244 g/mol. The Hall–Kier alpha value is -0.810. The molecule has 0 aromatic rings. The summed E-state index contributed by atoms with van der Waals surface area (Å²) < 4.78 is 5.61. The predicted octanol–water partition coefficient (Wildman–Crippen LogP) is 1.70. The predicted molar refractivity (Wildman–Crippen MR) is 75.1 cm³/mol. The van der Waals surface area contributed by atoms with E-state index in [1.54, 1.807) is 18.9 Å². The van der Waals surface area contributed by atoms with Gasteiger partial charge in [0.25, 0.3) is 0 Å². The van der Waals surface area contributed by atoms with Gasteiger partial charge in [-0.1, -0.05) is 13.8 Å². The molecule has 1 N–H and O–H groups in total. The molecule has 2 rings (SSSR count). The molecular formula is C14H28N2O3. The van der Waals surface area contributed by atoms with E-state index in [9.17, 15) is 9.90 Å². The van der Waals surface area contributed by atoms with Crippen molar-refractivity contribution >= 4 is 6.03 Å². The van der Waals surface area contributed by atoms with Crippen LogP contribution in [0, 0.1) is 0 Å². The van der Waals surface area contributed by atoms with Crippen molar-refractivity contribution < 1.29 is 14.6 Å². The van der Waals surface area contributed by atoms with Gasteiger partial charge in [0.15, 0.2) is 0 Å². The number of hydrogen-bond acceptors (Lipinski definition) is 3. The largest absolute Gasteiger partial charge is 0.392 e. The molecule has 2 unspecified atom stereocenters. The van der Waals surface area contributed by atoms with Gasteiger partial charge >= 0.3 is 6.03 Å². The summed E-state index contributed by atoms with van der Waals surface area (Å²) in [7, 11) is 1.73. The van der Waals surface area contributed by atoms with Crippen LogP contribution < -0.4 is 0 Å². The number of epoxide rings is 1. The molecule has 19 heavy (non-hydrogen) atoms. The Labute approximate surface area is 116 Å². The molecule has 2 saturated heterocycles. The molecule has 2 fully saturated rings. The van der Waals surface area contributed by atoms with E-state index < -0.39 is 6.10 Å². The van der Waals surface area contributed by atoms with Crippen LogP contribution in [0.2, 0.25) is 0 Å². The number of hydrogen-bond donors (Lipinski definition) is 1. The Bertz CT molecular complexity index is 299. The molecule has 0 aromatic heterocycles. The molecule has 5 nitrogen and oxygen atoms in total. The fraction of sp³-hybridized carbons (Fsp3) is 0.929. The van der Waals surface area contributed by atoms with Gasteiger partial charge in [-0.25, -0.2) is 4.79 Å². The Morgan fingerprint density at radius 2 is 1.95 bits per heavy atom. The lowest BCUT2D eigenvalue weighted by molar-refractivity contribution is 0.105. The highest BCUT2D eigenvalue weighted by Crippen LogP contribution is 2.44. The molecule has 1 spiro atoms. The Morgan fingerprint density at radius 3 is 2.32 bits per heavy atom. The van der Waals surface area contributed by atoms with Crippen molar-refractivity contribution in [3.05, 3.63) is 0 Å². The maximum absolute atomic E-state index is 12.0. The molecule has 2 amide bonds. The van der Waals surface area contributed by atoms with Crippen molar-refractivity contribution in [2.45, 2.75) is 58.3 Å². The first-order chi connectivity index (χ1) is 8.94. The van der Waals surface area contributed by atoms with Crippen LogP contribution in [-0.4, -0.2) is 65.4 Å². The van der Waals surface area contributed by atoms with Crippen LogP contribution in [0.15, 0.2) is 0 Å². The molecule has 0 saturated carbocycles. The van der Waals surface area contributed by atoms with Crippen molar-refractivity contribution in [2.24, 2.45) is 0 Å². The van der Waals surface area contributed by atoms with Crippen LogP contribution in [0.1, 0.15) is 40.5 Å². The minimum atomic E-state index is -0.480. The van der Waals surface area contributed by atoms with E-state index in [-0.39, 0.29) is 11.6 Å². The first kappa shape index (κ1) is 16.2. The summed E-state index contributed by atoms with van der Waals surface area (Å²) in [5.74, 6) is 0. The number of urea groups is 1. The zero-order chi connectivity index (χ0) is 14.6. The van der Waals surface area contributed by atoms with E-state index in [2.05, 4.69) is 6.92 Å². The second-order valence-corrected chi connectivity index (χ2v) is 5.32. The molecule has 2 aliphatic heterocycles. The van der Waals surface area contributed by atoms with Crippen LogP contribution in [-0.2, 0) is 4.74 Å². The average Bonchev–Trinajstić information content (AvgIpc) is 3.00. The summed E-state index contributed by atoms with van der Waals surface area (Å²) in [5.41, 5.74) is 0.0691. The highest BCUT2D eigenvalue weighted by atomic mass is 16.6. The van der Waals surface area contributed by atoms with E-state index >= 15 is 0 Å². The zero-order valence-corrected chi connectivity index (χ0v) is 12.8. The highest BCUT2D eigenvalue weighted by molar-refractivity contribution is 5.74. The van der Waals surface area contributed by atoms with E-state index in [0.29, 0.717) is 12.6 Å². The monoisotopic (exact) mass is 272 g/mol. The maximum atomic E-state index is 12.0. The van der Waals surface area contributed by atoms with Gasteiger partial charge in [0.05, 0.1) is 17.8 Å². The topological polar surface area (TPSA) is 56.3 Å². The number of carbonyl (C=O) groups is 1. The summed E-state index contributed by atoms with van der Waals surface area (Å²) in [6.45, 7) is 9.68. The van der Waals surface area contributed by atoms with E-state index in [1.807, 2.05) is 18.7 Å². The lowest BCUT2D eigenvalue weighted by Crippen LogP contribution is -2.48. The number of carbonyl (C=O) groups excluding carboxylic acids is 1. The van der Waals surface area contributed by atoms with Crippen molar-refractivity contribution in [2.75, 3.05) is 26.7 Å². The minimum Gasteiger partial charge on any atom is -0.392 e. The first-order valence-corrected chi connectivity index (χ1v) is 7.30. The second-order valence-electron chi connectivity index (χ2n) is 5.32. The lowest BCUT2D eigenvalue weighted by atomic mass is 9.94. The SMILES string of the molecule is CC.CC(O)CN(C)C(=O)N1CCC2(CC1)OC2C.